The van der Waals surface area contributed by atoms with E-state index in [0.29, 0.717) is 18.2 Å². The Kier molecular flexibility index (Phi) is 5.51. The van der Waals surface area contributed by atoms with E-state index in [1.165, 1.54) is 43.2 Å². The van der Waals surface area contributed by atoms with E-state index >= 15 is 0 Å². The van der Waals surface area contributed by atoms with Gasteiger partial charge in [-0.15, -0.1) is 0 Å². The number of nitrogens with one attached hydrogen (secondary N) is 1. The number of fused-ring (bicyclic) bond motifs is 5. The van der Waals surface area contributed by atoms with Gasteiger partial charge in [0.25, 0.3) is 11.3 Å². The predicted molar refractivity (Wildman–Crippen MR) is 129 cm³/mol. The highest BCUT2D eigenvalue weighted by atomic mass is 32.2. The first-order chi connectivity index (χ1) is 15.5. The number of aldehydes is 1. The van der Waals surface area contributed by atoms with Crippen molar-refractivity contribution >= 4 is 35.0 Å². The van der Waals surface area contributed by atoms with Gasteiger partial charge < -0.3 is 4.90 Å². The molecule has 1 fully saturated rings. The van der Waals surface area contributed by atoms with Gasteiger partial charge in [0.2, 0.25) is 0 Å². The monoisotopic (exact) mass is 448 g/mol. The van der Waals surface area contributed by atoms with Crippen LogP contribution in [0.3, 0.4) is 0 Å². The average molecular weight is 449 g/mol. The molecule has 2 atom stereocenters. The van der Waals surface area contributed by atoms with E-state index in [1.54, 1.807) is 0 Å². The van der Waals surface area contributed by atoms with Crippen molar-refractivity contribution in [1.29, 1.82) is 0 Å². The molecule has 6 heteroatoms. The first-order valence-electron chi connectivity index (χ1n) is 11.3. The fourth-order valence-corrected chi connectivity index (χ4v) is 6.32. The molecule has 0 aromatic heterocycles. The minimum absolute atomic E-state index is 0.137. The third kappa shape index (κ3) is 3.42. The highest BCUT2D eigenvalue weighted by Gasteiger charge is 2.54. The summed E-state index contributed by atoms with van der Waals surface area (Å²) in [4.78, 5) is 14.4. The molecular weight excluding hydrogens is 420 g/mol. The van der Waals surface area contributed by atoms with Gasteiger partial charge in [-0.1, -0.05) is 62.2 Å². The zero-order valence-corrected chi connectivity index (χ0v) is 18.9. The Bertz CT molecular complexity index is 1140. The highest BCUT2D eigenvalue weighted by Crippen LogP contribution is 2.58. The van der Waals surface area contributed by atoms with E-state index in [-0.39, 0.29) is 5.54 Å². The zero-order valence-electron chi connectivity index (χ0n) is 18.0. The summed E-state index contributed by atoms with van der Waals surface area (Å²) < 4.78 is 22.9. The second-order valence-corrected chi connectivity index (χ2v) is 9.82. The molecule has 0 amide bonds. The minimum Gasteiger partial charge on any atom is -0.356 e. The summed E-state index contributed by atoms with van der Waals surface area (Å²) in [7, 11) is 0. The smallest absolute Gasteiger partial charge is 0.259 e. The molecule has 2 aliphatic heterocycles. The van der Waals surface area contributed by atoms with Crippen LogP contribution in [0.4, 0.5) is 5.69 Å². The Morgan fingerprint density at radius 1 is 1.19 bits per heavy atom. The Morgan fingerprint density at radius 3 is 2.72 bits per heavy atom. The maximum absolute atomic E-state index is 12.0. The van der Waals surface area contributed by atoms with Crippen LogP contribution in [0.25, 0.3) is 11.8 Å². The molecule has 1 aliphatic carbocycles. The summed E-state index contributed by atoms with van der Waals surface area (Å²) in [5, 5.41) is 0. The number of rotatable bonds is 5. The molecular formula is C26H28N2O3S. The summed E-state index contributed by atoms with van der Waals surface area (Å²) in [6, 6.07) is 14.6. The van der Waals surface area contributed by atoms with Crippen molar-refractivity contribution < 1.29 is 13.6 Å². The van der Waals surface area contributed by atoms with Gasteiger partial charge in [0.1, 0.15) is 6.29 Å². The first kappa shape index (κ1) is 21.2. The number of benzene rings is 2. The van der Waals surface area contributed by atoms with Crippen LogP contribution < -0.4 is 9.62 Å². The van der Waals surface area contributed by atoms with E-state index in [9.17, 15) is 13.6 Å². The van der Waals surface area contributed by atoms with Crippen molar-refractivity contribution in [2.24, 2.45) is 5.92 Å². The third-order valence-corrected chi connectivity index (χ3v) is 7.85. The van der Waals surface area contributed by atoms with Gasteiger partial charge in [0, 0.05) is 41.1 Å². The Hall–Kier alpha value is -2.70. The maximum Gasteiger partial charge on any atom is 0.259 e. The molecule has 0 spiro atoms. The fourth-order valence-electron chi connectivity index (χ4n) is 5.99. The quantitative estimate of drug-likeness (QED) is 0.508. The lowest BCUT2D eigenvalue weighted by Gasteiger charge is -2.61. The number of hydrogen-bond donors (Lipinski definition) is 2. The van der Waals surface area contributed by atoms with E-state index in [1.807, 2.05) is 24.3 Å². The minimum atomic E-state index is -2.17. The second-order valence-electron chi connectivity index (χ2n) is 9.12. The molecule has 3 aliphatic rings. The van der Waals surface area contributed by atoms with Crippen molar-refractivity contribution in [2.45, 2.75) is 44.1 Å². The summed E-state index contributed by atoms with van der Waals surface area (Å²) in [6.45, 7) is 4.48. The van der Waals surface area contributed by atoms with Crippen LogP contribution in [0, 0.1) is 5.92 Å². The molecule has 166 valence electrons. The first-order valence-corrected chi connectivity index (χ1v) is 12.4. The fraction of sp³-hybridized carbons (Fsp3) is 0.346. The third-order valence-electron chi connectivity index (χ3n) is 7.42. The lowest BCUT2D eigenvalue weighted by Crippen LogP contribution is -2.62. The lowest BCUT2D eigenvalue weighted by atomic mass is 9.61. The van der Waals surface area contributed by atoms with Crippen molar-refractivity contribution in [3.63, 3.8) is 0 Å². The summed E-state index contributed by atoms with van der Waals surface area (Å²) in [5.41, 5.74) is 6.63. The molecule has 0 bridgehead atoms. The number of anilines is 1. The van der Waals surface area contributed by atoms with Gasteiger partial charge in [0.05, 0.1) is 5.54 Å². The zero-order chi connectivity index (χ0) is 22.3. The molecule has 0 radical (unpaired) electrons. The SMILES string of the molecule is C=C(NS(=O)O)c1ccc2c(c1)N1C/C(C=O)=C\c3ccccc3CC21C1CCCCC1. The predicted octanol–water partition coefficient (Wildman–Crippen LogP) is 4.82. The van der Waals surface area contributed by atoms with Crippen molar-refractivity contribution in [3.05, 3.63) is 76.9 Å². The molecule has 5 rings (SSSR count). The normalized spacial score (nSPS) is 24.9. The Morgan fingerprint density at radius 2 is 1.97 bits per heavy atom. The van der Waals surface area contributed by atoms with Crippen molar-refractivity contribution in [3.8, 4) is 0 Å². The number of nitrogens with zero attached hydrogens (tertiary/aromatic N) is 1. The van der Waals surface area contributed by atoms with Gasteiger partial charge in [-0.3, -0.25) is 14.1 Å². The topological polar surface area (TPSA) is 69.6 Å². The molecule has 2 aromatic carbocycles. The van der Waals surface area contributed by atoms with E-state index < -0.39 is 11.3 Å². The van der Waals surface area contributed by atoms with Gasteiger partial charge in [-0.2, -0.15) is 0 Å². The number of carbonyl (C=O) groups excluding carboxylic acids is 1. The van der Waals surface area contributed by atoms with Crippen molar-refractivity contribution in [2.75, 3.05) is 11.4 Å². The van der Waals surface area contributed by atoms with E-state index in [0.717, 1.165) is 35.1 Å². The average Bonchev–Trinajstić information content (AvgIpc) is 2.79. The molecule has 1 saturated carbocycles. The summed E-state index contributed by atoms with van der Waals surface area (Å²) in [5.74, 6) is 0.528. The maximum atomic E-state index is 12.0. The Labute approximate surface area is 191 Å². The molecule has 5 nitrogen and oxygen atoms in total. The van der Waals surface area contributed by atoms with E-state index in [2.05, 4.69) is 40.5 Å². The van der Waals surface area contributed by atoms with Crippen LogP contribution >= 0.6 is 0 Å². The van der Waals surface area contributed by atoms with E-state index in [4.69, 9.17) is 0 Å². The van der Waals surface area contributed by atoms with Crippen LogP contribution in [0.15, 0.2) is 54.6 Å². The highest BCUT2D eigenvalue weighted by molar-refractivity contribution is 7.77. The summed E-state index contributed by atoms with van der Waals surface area (Å²) >= 11 is -2.17. The molecule has 0 saturated heterocycles. The van der Waals surface area contributed by atoms with Gasteiger partial charge in [-0.25, -0.2) is 4.21 Å². The molecule has 2 unspecified atom stereocenters. The van der Waals surface area contributed by atoms with Crippen LogP contribution in [0.1, 0.15) is 54.4 Å². The van der Waals surface area contributed by atoms with Gasteiger partial charge in [-0.05, 0) is 42.0 Å². The molecule has 2 N–H and O–H groups in total. The molecule has 2 aromatic rings. The van der Waals surface area contributed by atoms with Gasteiger partial charge >= 0.3 is 0 Å². The lowest BCUT2D eigenvalue weighted by molar-refractivity contribution is -0.104. The number of hydrogen-bond acceptors (Lipinski definition) is 3. The van der Waals surface area contributed by atoms with Crippen molar-refractivity contribution in [1.82, 2.24) is 4.72 Å². The van der Waals surface area contributed by atoms with Crippen LogP contribution in [-0.4, -0.2) is 21.6 Å². The van der Waals surface area contributed by atoms with Crippen LogP contribution in [0.5, 0.6) is 0 Å². The molecule has 2 heterocycles. The number of carbonyl (C=O) groups is 1. The van der Waals surface area contributed by atoms with Crippen LogP contribution in [0.2, 0.25) is 0 Å². The largest absolute Gasteiger partial charge is 0.356 e. The van der Waals surface area contributed by atoms with Gasteiger partial charge in [0.15, 0.2) is 0 Å². The van der Waals surface area contributed by atoms with Crippen LogP contribution in [-0.2, 0) is 28.0 Å². The standard InChI is InChI=1S/C26H28N2O3S/c1-18(27-32(30)31)20-11-12-24-25(14-20)28-16-19(17-29)13-21-7-5-6-8-22(21)15-26(24,28)23-9-3-2-4-10-23/h5-8,11-14,17,23,27H,1-4,9-10,15-16H2,(H,30,31)/b19-13+. The second kappa shape index (κ2) is 8.34. The molecule has 32 heavy (non-hydrogen) atoms. The summed E-state index contributed by atoms with van der Waals surface area (Å²) in [6.07, 6.45) is 10.1. The Balaban J connectivity index is 1.65.